The number of amides is 1. The first-order chi connectivity index (χ1) is 12.6. The van der Waals surface area contributed by atoms with E-state index in [4.69, 9.17) is 14.2 Å². The van der Waals surface area contributed by atoms with Crippen LogP contribution in [0.15, 0.2) is 12.1 Å². The van der Waals surface area contributed by atoms with Crippen molar-refractivity contribution in [3.8, 4) is 11.5 Å². The van der Waals surface area contributed by atoms with Gasteiger partial charge in [-0.15, -0.1) is 0 Å². The minimum Gasteiger partial charge on any atom is -0.493 e. The van der Waals surface area contributed by atoms with Crippen molar-refractivity contribution in [2.45, 2.75) is 44.6 Å². The summed E-state index contributed by atoms with van der Waals surface area (Å²) in [6.45, 7) is 0.611. The quantitative estimate of drug-likeness (QED) is 0.755. The average Bonchev–Trinajstić information content (AvgIpc) is 3.21. The van der Waals surface area contributed by atoms with E-state index in [1.54, 1.807) is 14.2 Å². The standard InChI is InChI=1S/C20H27NO5/c1-24-17-10-14-8-9-21(20(23)13-6-4-5-7-13)16(12-19(22)26-3)15(14)11-18(17)25-2/h10-11,13,16H,4-9,12H2,1-3H3. The fraction of sp³-hybridized carbons (Fsp3) is 0.600. The maximum absolute atomic E-state index is 13.1. The summed E-state index contributed by atoms with van der Waals surface area (Å²) < 4.78 is 15.7. The number of benzene rings is 1. The third-order valence-corrected chi connectivity index (χ3v) is 5.58. The Morgan fingerprint density at radius 2 is 1.73 bits per heavy atom. The lowest BCUT2D eigenvalue weighted by molar-refractivity contribution is -0.145. The third-order valence-electron chi connectivity index (χ3n) is 5.58. The SMILES string of the molecule is COC(=O)CC1c2cc(OC)c(OC)cc2CCN1C(=O)C1CCCC1. The predicted molar refractivity (Wildman–Crippen MR) is 96.3 cm³/mol. The fourth-order valence-corrected chi connectivity index (χ4v) is 4.16. The molecule has 0 saturated heterocycles. The highest BCUT2D eigenvalue weighted by Crippen LogP contribution is 2.41. The van der Waals surface area contributed by atoms with Gasteiger partial charge in [-0.05, 0) is 42.5 Å². The lowest BCUT2D eigenvalue weighted by Crippen LogP contribution is -2.43. The van der Waals surface area contributed by atoms with Crippen molar-refractivity contribution in [2.75, 3.05) is 27.9 Å². The van der Waals surface area contributed by atoms with Crippen molar-refractivity contribution in [1.29, 1.82) is 0 Å². The van der Waals surface area contributed by atoms with Gasteiger partial charge in [0.1, 0.15) is 0 Å². The molecule has 6 nitrogen and oxygen atoms in total. The van der Waals surface area contributed by atoms with Crippen LogP contribution in [0.4, 0.5) is 0 Å². The number of carbonyl (C=O) groups is 2. The number of methoxy groups -OCH3 is 3. The van der Waals surface area contributed by atoms with E-state index in [9.17, 15) is 9.59 Å². The van der Waals surface area contributed by atoms with Gasteiger partial charge >= 0.3 is 5.97 Å². The van der Waals surface area contributed by atoms with E-state index in [0.717, 1.165) is 43.2 Å². The average molecular weight is 361 g/mol. The highest BCUT2D eigenvalue weighted by molar-refractivity contribution is 5.81. The normalized spacial score (nSPS) is 19.8. The van der Waals surface area contributed by atoms with E-state index in [1.807, 2.05) is 17.0 Å². The molecule has 0 N–H and O–H groups in total. The van der Waals surface area contributed by atoms with Crippen molar-refractivity contribution in [2.24, 2.45) is 5.92 Å². The summed E-state index contributed by atoms with van der Waals surface area (Å²) in [5.74, 6) is 1.20. The predicted octanol–water partition coefficient (Wildman–Crippen LogP) is 2.88. The third kappa shape index (κ3) is 3.50. The van der Waals surface area contributed by atoms with Crippen molar-refractivity contribution in [3.63, 3.8) is 0 Å². The molecule has 1 heterocycles. The van der Waals surface area contributed by atoms with Crippen molar-refractivity contribution < 1.29 is 23.8 Å². The van der Waals surface area contributed by atoms with Crippen LogP contribution in [0.25, 0.3) is 0 Å². The molecule has 142 valence electrons. The minimum absolute atomic E-state index is 0.0804. The van der Waals surface area contributed by atoms with E-state index >= 15 is 0 Å². The number of rotatable bonds is 5. The molecule has 1 saturated carbocycles. The van der Waals surface area contributed by atoms with Gasteiger partial charge in [0.2, 0.25) is 5.91 Å². The molecule has 0 bridgehead atoms. The Labute approximate surface area is 154 Å². The summed E-state index contributed by atoms with van der Waals surface area (Å²) in [6.07, 6.45) is 4.99. The zero-order valence-electron chi connectivity index (χ0n) is 15.7. The van der Waals surface area contributed by atoms with E-state index in [1.165, 1.54) is 7.11 Å². The smallest absolute Gasteiger partial charge is 0.307 e. The summed E-state index contributed by atoms with van der Waals surface area (Å²) in [5, 5.41) is 0. The van der Waals surface area contributed by atoms with Gasteiger partial charge in [-0.2, -0.15) is 0 Å². The first-order valence-electron chi connectivity index (χ1n) is 9.21. The molecule has 6 heteroatoms. The Morgan fingerprint density at radius 1 is 1.08 bits per heavy atom. The van der Waals surface area contributed by atoms with Gasteiger partial charge in [-0.25, -0.2) is 0 Å². The fourth-order valence-electron chi connectivity index (χ4n) is 4.16. The van der Waals surface area contributed by atoms with Crippen LogP contribution in [0, 0.1) is 5.92 Å². The van der Waals surface area contributed by atoms with Crippen LogP contribution < -0.4 is 9.47 Å². The molecule has 0 aromatic heterocycles. The molecule has 1 aliphatic heterocycles. The number of nitrogens with zero attached hydrogens (tertiary/aromatic N) is 1. The van der Waals surface area contributed by atoms with E-state index < -0.39 is 0 Å². The topological polar surface area (TPSA) is 65.1 Å². The van der Waals surface area contributed by atoms with Gasteiger partial charge < -0.3 is 19.1 Å². The van der Waals surface area contributed by atoms with Crippen molar-refractivity contribution in [3.05, 3.63) is 23.3 Å². The van der Waals surface area contributed by atoms with E-state index in [2.05, 4.69) is 0 Å². The summed E-state index contributed by atoms with van der Waals surface area (Å²) >= 11 is 0. The Kier molecular flexibility index (Phi) is 5.69. The highest BCUT2D eigenvalue weighted by Gasteiger charge is 2.37. The van der Waals surface area contributed by atoms with Gasteiger partial charge in [0.05, 0.1) is 33.8 Å². The van der Waals surface area contributed by atoms with Crippen LogP contribution in [0.3, 0.4) is 0 Å². The van der Waals surface area contributed by atoms with Gasteiger partial charge in [0.25, 0.3) is 0 Å². The molecule has 2 aliphatic rings. The summed E-state index contributed by atoms with van der Waals surface area (Å²) in [7, 11) is 4.57. The zero-order valence-corrected chi connectivity index (χ0v) is 15.7. The summed E-state index contributed by atoms with van der Waals surface area (Å²) in [5.41, 5.74) is 2.04. The maximum atomic E-state index is 13.1. The van der Waals surface area contributed by atoms with Crippen LogP contribution in [0.5, 0.6) is 11.5 Å². The second-order valence-electron chi connectivity index (χ2n) is 6.97. The molecule has 26 heavy (non-hydrogen) atoms. The first-order valence-corrected chi connectivity index (χ1v) is 9.21. The number of carbonyl (C=O) groups excluding carboxylic acids is 2. The lowest BCUT2D eigenvalue weighted by atomic mass is 9.88. The zero-order chi connectivity index (χ0) is 18.7. The van der Waals surface area contributed by atoms with Gasteiger partial charge in [0, 0.05) is 12.5 Å². The van der Waals surface area contributed by atoms with Gasteiger partial charge in [0.15, 0.2) is 11.5 Å². The molecule has 0 spiro atoms. The Bertz CT molecular complexity index is 681. The molecule has 1 aromatic carbocycles. The molecule has 1 aliphatic carbocycles. The number of hydrogen-bond donors (Lipinski definition) is 0. The molecule has 1 amide bonds. The van der Waals surface area contributed by atoms with E-state index in [0.29, 0.717) is 18.0 Å². The number of fused-ring (bicyclic) bond motifs is 1. The molecular weight excluding hydrogens is 334 g/mol. The molecule has 1 atom stereocenters. The molecule has 1 aromatic rings. The first kappa shape index (κ1) is 18.5. The van der Waals surface area contributed by atoms with Crippen LogP contribution >= 0.6 is 0 Å². The van der Waals surface area contributed by atoms with Crippen LogP contribution in [0.2, 0.25) is 0 Å². The largest absolute Gasteiger partial charge is 0.493 e. The van der Waals surface area contributed by atoms with Crippen LogP contribution in [0.1, 0.15) is 49.3 Å². The molecule has 3 rings (SSSR count). The lowest BCUT2D eigenvalue weighted by Gasteiger charge is -2.38. The molecule has 0 radical (unpaired) electrons. The number of hydrogen-bond acceptors (Lipinski definition) is 5. The second kappa shape index (κ2) is 7.98. The monoisotopic (exact) mass is 361 g/mol. The number of ether oxygens (including phenoxy) is 3. The second-order valence-corrected chi connectivity index (χ2v) is 6.97. The minimum atomic E-state index is -0.320. The number of esters is 1. The van der Waals surface area contributed by atoms with E-state index in [-0.39, 0.29) is 30.3 Å². The summed E-state index contributed by atoms with van der Waals surface area (Å²) in [4.78, 5) is 27.0. The van der Waals surface area contributed by atoms with Crippen molar-refractivity contribution in [1.82, 2.24) is 4.90 Å². The van der Waals surface area contributed by atoms with Gasteiger partial charge in [-0.1, -0.05) is 12.8 Å². The van der Waals surface area contributed by atoms with Crippen LogP contribution in [-0.4, -0.2) is 44.7 Å². The highest BCUT2D eigenvalue weighted by atomic mass is 16.5. The Morgan fingerprint density at radius 3 is 2.35 bits per heavy atom. The van der Waals surface area contributed by atoms with Gasteiger partial charge in [-0.3, -0.25) is 9.59 Å². The summed E-state index contributed by atoms with van der Waals surface area (Å²) in [6, 6.07) is 3.53. The molecule has 1 unspecified atom stereocenters. The Balaban J connectivity index is 1.97. The molecular formula is C20H27NO5. The maximum Gasteiger partial charge on any atom is 0.307 e. The molecule has 1 fully saturated rings. The Hall–Kier alpha value is -2.24. The van der Waals surface area contributed by atoms with Crippen LogP contribution in [-0.2, 0) is 20.7 Å². The van der Waals surface area contributed by atoms with Crippen molar-refractivity contribution >= 4 is 11.9 Å².